The van der Waals surface area contributed by atoms with E-state index in [1.807, 2.05) is 30.3 Å². The molecular weight excluding hydrogens is 202 g/mol. The SMILES string of the molecule is NC(=O)c1nccc2c1[nH]c1ccccc12. The van der Waals surface area contributed by atoms with Crippen LogP contribution < -0.4 is 5.73 Å². The number of aromatic amines is 1. The number of rotatable bonds is 1. The van der Waals surface area contributed by atoms with E-state index in [0.29, 0.717) is 5.52 Å². The topological polar surface area (TPSA) is 71.8 Å². The van der Waals surface area contributed by atoms with Gasteiger partial charge in [-0.25, -0.2) is 4.98 Å². The molecular formula is C12H9N3O. The second-order valence-electron chi connectivity index (χ2n) is 3.62. The van der Waals surface area contributed by atoms with E-state index in [9.17, 15) is 4.79 Å². The van der Waals surface area contributed by atoms with Crippen LogP contribution in [0.3, 0.4) is 0 Å². The number of amides is 1. The molecule has 16 heavy (non-hydrogen) atoms. The third-order valence-corrected chi connectivity index (χ3v) is 2.66. The molecule has 0 aliphatic carbocycles. The van der Waals surface area contributed by atoms with Gasteiger partial charge in [0, 0.05) is 22.5 Å². The first-order valence-electron chi connectivity index (χ1n) is 4.92. The van der Waals surface area contributed by atoms with Crippen LogP contribution in [0.15, 0.2) is 36.5 Å². The quantitative estimate of drug-likeness (QED) is 0.644. The molecule has 2 aromatic heterocycles. The number of nitrogens with zero attached hydrogens (tertiary/aromatic N) is 1. The monoisotopic (exact) mass is 211 g/mol. The fourth-order valence-electron chi connectivity index (χ4n) is 1.96. The van der Waals surface area contributed by atoms with Gasteiger partial charge in [0.25, 0.3) is 5.91 Å². The molecule has 0 fully saturated rings. The third kappa shape index (κ3) is 1.10. The second-order valence-corrected chi connectivity index (χ2v) is 3.62. The molecule has 0 spiro atoms. The number of pyridine rings is 1. The summed E-state index contributed by atoms with van der Waals surface area (Å²) in [6, 6.07) is 9.73. The molecule has 0 radical (unpaired) electrons. The van der Waals surface area contributed by atoms with Crippen LogP contribution in [-0.2, 0) is 0 Å². The van der Waals surface area contributed by atoms with E-state index >= 15 is 0 Å². The van der Waals surface area contributed by atoms with Gasteiger partial charge in [-0.2, -0.15) is 0 Å². The van der Waals surface area contributed by atoms with Gasteiger partial charge in [0.2, 0.25) is 0 Å². The molecule has 1 amide bonds. The predicted molar refractivity (Wildman–Crippen MR) is 62.1 cm³/mol. The highest BCUT2D eigenvalue weighted by molar-refractivity contribution is 6.13. The average Bonchev–Trinajstić information content (AvgIpc) is 2.67. The van der Waals surface area contributed by atoms with Crippen molar-refractivity contribution in [3.63, 3.8) is 0 Å². The molecule has 3 rings (SSSR count). The molecule has 78 valence electrons. The molecule has 1 aromatic carbocycles. The van der Waals surface area contributed by atoms with Crippen molar-refractivity contribution in [1.29, 1.82) is 0 Å². The van der Waals surface area contributed by atoms with Crippen LogP contribution in [-0.4, -0.2) is 15.9 Å². The van der Waals surface area contributed by atoms with Crippen LogP contribution in [0, 0.1) is 0 Å². The fourth-order valence-corrected chi connectivity index (χ4v) is 1.96. The summed E-state index contributed by atoms with van der Waals surface area (Å²) in [6.45, 7) is 0. The number of nitrogens with one attached hydrogen (secondary N) is 1. The average molecular weight is 211 g/mol. The van der Waals surface area contributed by atoms with Crippen LogP contribution >= 0.6 is 0 Å². The summed E-state index contributed by atoms with van der Waals surface area (Å²) in [4.78, 5) is 18.4. The van der Waals surface area contributed by atoms with Crippen LogP contribution in [0.2, 0.25) is 0 Å². The van der Waals surface area contributed by atoms with Gasteiger partial charge in [-0.15, -0.1) is 0 Å². The van der Waals surface area contributed by atoms with E-state index in [-0.39, 0.29) is 5.69 Å². The smallest absolute Gasteiger partial charge is 0.269 e. The zero-order valence-electron chi connectivity index (χ0n) is 8.40. The zero-order valence-corrected chi connectivity index (χ0v) is 8.40. The minimum Gasteiger partial charge on any atom is -0.364 e. The number of primary amides is 1. The maximum Gasteiger partial charge on any atom is 0.269 e. The summed E-state index contributed by atoms with van der Waals surface area (Å²) in [5, 5.41) is 2.04. The van der Waals surface area contributed by atoms with E-state index in [0.717, 1.165) is 16.3 Å². The van der Waals surface area contributed by atoms with Crippen molar-refractivity contribution in [2.75, 3.05) is 0 Å². The Labute approximate surface area is 91.1 Å². The Hall–Kier alpha value is -2.36. The highest BCUT2D eigenvalue weighted by atomic mass is 16.1. The Morgan fingerprint density at radius 1 is 1.19 bits per heavy atom. The number of aromatic nitrogens is 2. The first kappa shape index (κ1) is 8.91. The van der Waals surface area contributed by atoms with Crippen molar-refractivity contribution in [2.24, 2.45) is 5.73 Å². The van der Waals surface area contributed by atoms with E-state index in [1.54, 1.807) is 6.20 Å². The zero-order chi connectivity index (χ0) is 11.1. The lowest BCUT2D eigenvalue weighted by molar-refractivity contribution is 0.0997. The van der Waals surface area contributed by atoms with Crippen molar-refractivity contribution >= 4 is 27.7 Å². The van der Waals surface area contributed by atoms with Crippen molar-refractivity contribution in [3.05, 3.63) is 42.2 Å². The summed E-state index contributed by atoms with van der Waals surface area (Å²) in [5.74, 6) is -0.517. The predicted octanol–water partition coefficient (Wildman–Crippen LogP) is 1.81. The van der Waals surface area contributed by atoms with Gasteiger partial charge in [0.05, 0.1) is 5.52 Å². The maximum absolute atomic E-state index is 11.2. The van der Waals surface area contributed by atoms with E-state index in [2.05, 4.69) is 9.97 Å². The van der Waals surface area contributed by atoms with Crippen molar-refractivity contribution in [3.8, 4) is 0 Å². The summed E-state index contributed by atoms with van der Waals surface area (Å²) in [7, 11) is 0. The van der Waals surface area contributed by atoms with Gasteiger partial charge in [-0.1, -0.05) is 18.2 Å². The number of hydrogen-bond donors (Lipinski definition) is 2. The van der Waals surface area contributed by atoms with Gasteiger partial charge >= 0.3 is 0 Å². The van der Waals surface area contributed by atoms with Gasteiger partial charge < -0.3 is 10.7 Å². The van der Waals surface area contributed by atoms with Crippen LogP contribution in [0.4, 0.5) is 0 Å². The fraction of sp³-hybridized carbons (Fsp3) is 0. The normalized spacial score (nSPS) is 11.0. The minimum absolute atomic E-state index is 0.286. The summed E-state index contributed by atoms with van der Waals surface area (Å²) >= 11 is 0. The Kier molecular flexibility index (Phi) is 1.71. The number of carbonyl (C=O) groups excluding carboxylic acids is 1. The molecule has 4 nitrogen and oxygen atoms in total. The lowest BCUT2D eigenvalue weighted by atomic mass is 10.1. The highest BCUT2D eigenvalue weighted by Gasteiger charge is 2.11. The van der Waals surface area contributed by atoms with Gasteiger partial charge in [-0.3, -0.25) is 4.79 Å². The molecule has 0 saturated heterocycles. The number of nitrogens with two attached hydrogens (primary N) is 1. The third-order valence-electron chi connectivity index (χ3n) is 2.66. The van der Waals surface area contributed by atoms with E-state index in [4.69, 9.17) is 5.73 Å². The first-order valence-corrected chi connectivity index (χ1v) is 4.92. The minimum atomic E-state index is -0.517. The number of fused-ring (bicyclic) bond motifs is 3. The maximum atomic E-state index is 11.2. The molecule has 0 aliphatic rings. The standard InChI is InChI=1S/C12H9N3O/c13-12(16)11-10-8(5-6-14-11)7-3-1-2-4-9(7)15-10/h1-6,15H,(H2,13,16). The van der Waals surface area contributed by atoms with Crippen LogP contribution in [0.25, 0.3) is 21.8 Å². The Morgan fingerprint density at radius 3 is 2.81 bits per heavy atom. The molecule has 3 aromatic rings. The highest BCUT2D eigenvalue weighted by Crippen LogP contribution is 2.25. The van der Waals surface area contributed by atoms with Crippen molar-refractivity contribution in [2.45, 2.75) is 0 Å². The molecule has 3 N–H and O–H groups in total. The molecule has 2 heterocycles. The Morgan fingerprint density at radius 2 is 2.00 bits per heavy atom. The molecule has 0 unspecified atom stereocenters. The first-order chi connectivity index (χ1) is 7.77. The summed E-state index contributed by atoms with van der Waals surface area (Å²) < 4.78 is 0. The van der Waals surface area contributed by atoms with Crippen LogP contribution in [0.1, 0.15) is 10.5 Å². The number of carbonyl (C=O) groups is 1. The summed E-state index contributed by atoms with van der Waals surface area (Å²) in [5.41, 5.74) is 7.25. The van der Waals surface area contributed by atoms with E-state index in [1.165, 1.54) is 0 Å². The van der Waals surface area contributed by atoms with Crippen molar-refractivity contribution < 1.29 is 4.79 Å². The Balaban J connectivity index is 2.54. The molecule has 0 aliphatic heterocycles. The number of benzene rings is 1. The number of para-hydroxylation sites is 1. The second kappa shape index (κ2) is 3.06. The van der Waals surface area contributed by atoms with E-state index < -0.39 is 5.91 Å². The molecule has 0 atom stereocenters. The molecule has 0 bridgehead atoms. The van der Waals surface area contributed by atoms with Crippen molar-refractivity contribution in [1.82, 2.24) is 9.97 Å². The lowest BCUT2D eigenvalue weighted by Crippen LogP contribution is -2.13. The summed E-state index contributed by atoms with van der Waals surface area (Å²) in [6.07, 6.45) is 1.60. The molecule has 4 heteroatoms. The van der Waals surface area contributed by atoms with Gasteiger partial charge in [0.1, 0.15) is 0 Å². The number of H-pyrrole nitrogens is 1. The largest absolute Gasteiger partial charge is 0.364 e. The van der Waals surface area contributed by atoms with Crippen LogP contribution in [0.5, 0.6) is 0 Å². The Bertz CT molecular complexity index is 700. The molecule has 0 saturated carbocycles. The lowest BCUT2D eigenvalue weighted by Gasteiger charge is -1.95. The van der Waals surface area contributed by atoms with Gasteiger partial charge in [-0.05, 0) is 12.1 Å². The number of hydrogen-bond acceptors (Lipinski definition) is 2. The van der Waals surface area contributed by atoms with Gasteiger partial charge in [0.15, 0.2) is 5.69 Å².